The highest BCUT2D eigenvalue weighted by Gasteiger charge is 2.58. The lowest BCUT2D eigenvalue weighted by Gasteiger charge is -2.35. The summed E-state index contributed by atoms with van der Waals surface area (Å²) in [6.45, 7) is -1.09. The molecular weight excluding hydrogens is 520 g/mol. The first-order valence-electron chi connectivity index (χ1n) is 9.95. The highest BCUT2D eigenvalue weighted by molar-refractivity contribution is 5.34. The van der Waals surface area contributed by atoms with Gasteiger partial charge in [-0.1, -0.05) is 0 Å². The van der Waals surface area contributed by atoms with Crippen LogP contribution in [0, 0.1) is 17.5 Å². The molecule has 0 spiro atoms. The van der Waals surface area contributed by atoms with E-state index in [9.17, 15) is 31.4 Å². The van der Waals surface area contributed by atoms with Crippen molar-refractivity contribution in [1.29, 1.82) is 0 Å². The third kappa shape index (κ3) is 5.04. The van der Waals surface area contributed by atoms with Gasteiger partial charge in [-0.25, -0.2) is 22.8 Å². The lowest BCUT2D eigenvalue weighted by molar-refractivity contribution is -0.207. The number of hydrogen-bond donors (Lipinski definition) is 1. The van der Waals surface area contributed by atoms with Gasteiger partial charge in [0, 0.05) is 17.8 Å². The number of rotatable bonds is 7. The summed E-state index contributed by atoms with van der Waals surface area (Å²) < 4.78 is 117. The molecule has 0 aliphatic rings. The van der Waals surface area contributed by atoms with Gasteiger partial charge in [-0.15, -0.1) is 5.10 Å². The fourth-order valence-electron chi connectivity index (χ4n) is 3.27. The number of aromatic nitrogens is 6. The number of tetrazole rings is 1. The largest absolute Gasteiger partial charge is 0.435 e. The Bertz CT molecular complexity index is 1400. The second kappa shape index (κ2) is 9.34. The molecular formula is C21H12F8N6O2. The van der Waals surface area contributed by atoms with E-state index in [4.69, 9.17) is 4.74 Å². The Hall–Kier alpha value is -4.21. The molecule has 16 heteroatoms. The van der Waals surface area contributed by atoms with Gasteiger partial charge >= 0.3 is 12.1 Å². The first-order valence-corrected chi connectivity index (χ1v) is 9.95. The zero-order valence-corrected chi connectivity index (χ0v) is 18.0. The predicted molar refractivity (Wildman–Crippen MR) is 105 cm³/mol. The zero-order valence-electron chi connectivity index (χ0n) is 18.0. The number of ether oxygens (including phenoxy) is 1. The second-order valence-electron chi connectivity index (χ2n) is 7.56. The topological polar surface area (TPSA) is 98.8 Å². The van der Waals surface area contributed by atoms with Crippen LogP contribution >= 0.6 is 0 Å². The normalized spacial score (nSPS) is 13.9. The van der Waals surface area contributed by atoms with E-state index in [0.717, 1.165) is 12.4 Å². The van der Waals surface area contributed by atoms with Crippen molar-refractivity contribution in [2.75, 3.05) is 0 Å². The highest BCUT2D eigenvalue weighted by Crippen LogP contribution is 2.47. The van der Waals surface area contributed by atoms with Gasteiger partial charge in [0.05, 0.1) is 18.3 Å². The van der Waals surface area contributed by atoms with Crippen LogP contribution < -0.4 is 4.74 Å². The summed E-state index contributed by atoms with van der Waals surface area (Å²) in [5.74, 6) is -9.71. The van der Waals surface area contributed by atoms with Gasteiger partial charge in [-0.05, 0) is 40.8 Å². The maximum atomic E-state index is 15.7. The summed E-state index contributed by atoms with van der Waals surface area (Å²) in [4.78, 5) is 6.70. The number of benzene rings is 1. The van der Waals surface area contributed by atoms with E-state index in [1.165, 1.54) is 0 Å². The molecule has 0 radical (unpaired) electrons. The number of alkyl halides is 5. The summed E-state index contributed by atoms with van der Waals surface area (Å²) in [5, 5.41) is 21.0. The molecule has 1 aromatic carbocycles. The van der Waals surface area contributed by atoms with Gasteiger partial charge in [0.1, 0.15) is 29.4 Å². The Balaban J connectivity index is 1.67. The Kier molecular flexibility index (Phi) is 6.53. The first kappa shape index (κ1) is 25.9. The molecule has 3 heterocycles. The maximum Gasteiger partial charge on any atom is 0.417 e. The minimum Gasteiger partial charge on any atom is -0.435 e. The van der Waals surface area contributed by atoms with Crippen molar-refractivity contribution >= 4 is 0 Å². The monoisotopic (exact) mass is 532 g/mol. The zero-order chi connectivity index (χ0) is 27.0. The van der Waals surface area contributed by atoms with Crippen LogP contribution in [0.3, 0.4) is 0 Å². The van der Waals surface area contributed by atoms with Gasteiger partial charge < -0.3 is 9.84 Å². The molecule has 0 bridgehead atoms. The molecule has 0 fully saturated rings. The van der Waals surface area contributed by atoms with Crippen LogP contribution in [0.1, 0.15) is 16.8 Å². The SMILES string of the molecule is OC(Cn1cnnn1)(c1ccc(F)cc1F)C(F)(F)c1ccc(Oc2ncc(C(F)(F)F)cc2F)cn1. The smallest absolute Gasteiger partial charge is 0.417 e. The molecule has 8 nitrogen and oxygen atoms in total. The summed E-state index contributed by atoms with van der Waals surface area (Å²) in [6.07, 6.45) is -3.02. The van der Waals surface area contributed by atoms with E-state index in [1.54, 1.807) is 0 Å². The van der Waals surface area contributed by atoms with E-state index in [0.29, 0.717) is 41.3 Å². The molecule has 4 aromatic rings. The maximum absolute atomic E-state index is 15.7. The van der Waals surface area contributed by atoms with E-state index in [-0.39, 0.29) is 6.07 Å². The Labute approximate surface area is 201 Å². The molecule has 3 aromatic heterocycles. The van der Waals surface area contributed by atoms with Crippen LogP contribution in [-0.4, -0.2) is 35.3 Å². The first-order chi connectivity index (χ1) is 17.3. The van der Waals surface area contributed by atoms with Gasteiger partial charge in [0.25, 0.3) is 5.88 Å². The van der Waals surface area contributed by atoms with Crippen LogP contribution in [0.5, 0.6) is 11.6 Å². The molecule has 1 N–H and O–H groups in total. The fourth-order valence-corrected chi connectivity index (χ4v) is 3.27. The lowest BCUT2D eigenvalue weighted by Crippen LogP contribution is -2.48. The lowest BCUT2D eigenvalue weighted by atomic mass is 9.84. The van der Waals surface area contributed by atoms with Crippen molar-refractivity contribution in [3.63, 3.8) is 0 Å². The third-order valence-corrected chi connectivity index (χ3v) is 5.09. The average molecular weight is 532 g/mol. The molecule has 0 amide bonds. The van der Waals surface area contributed by atoms with Gasteiger partial charge in [-0.2, -0.15) is 22.0 Å². The highest BCUT2D eigenvalue weighted by atomic mass is 19.4. The Morgan fingerprint density at radius 3 is 2.22 bits per heavy atom. The Morgan fingerprint density at radius 2 is 1.65 bits per heavy atom. The van der Waals surface area contributed by atoms with E-state index >= 15 is 8.78 Å². The molecule has 0 aliphatic heterocycles. The van der Waals surface area contributed by atoms with E-state index in [1.807, 2.05) is 0 Å². The van der Waals surface area contributed by atoms with Crippen LogP contribution in [0.15, 0.2) is 55.1 Å². The average Bonchev–Trinajstić information content (AvgIpc) is 3.32. The van der Waals surface area contributed by atoms with Gasteiger partial charge in [0.2, 0.25) is 0 Å². The third-order valence-electron chi connectivity index (χ3n) is 5.09. The molecule has 0 saturated carbocycles. The van der Waals surface area contributed by atoms with Crippen molar-refractivity contribution in [3.05, 3.63) is 89.4 Å². The summed E-state index contributed by atoms with van der Waals surface area (Å²) in [7, 11) is 0. The molecule has 37 heavy (non-hydrogen) atoms. The van der Waals surface area contributed by atoms with Crippen molar-refractivity contribution in [2.45, 2.75) is 24.2 Å². The number of halogens is 8. The summed E-state index contributed by atoms with van der Waals surface area (Å²) in [5.41, 5.74) is -6.88. The predicted octanol–water partition coefficient (Wildman–Crippen LogP) is 4.37. The van der Waals surface area contributed by atoms with Gasteiger partial charge in [-0.3, -0.25) is 4.98 Å². The van der Waals surface area contributed by atoms with Crippen LogP contribution in [0.4, 0.5) is 35.1 Å². The quantitative estimate of drug-likeness (QED) is 0.353. The number of nitrogens with zero attached hydrogens (tertiary/aromatic N) is 6. The Morgan fingerprint density at radius 1 is 0.892 bits per heavy atom. The molecule has 0 saturated heterocycles. The van der Waals surface area contributed by atoms with Crippen molar-refractivity contribution < 1.29 is 45.0 Å². The second-order valence-corrected chi connectivity index (χ2v) is 7.56. The molecule has 1 atom stereocenters. The number of pyridine rings is 2. The van der Waals surface area contributed by atoms with E-state index < -0.39 is 70.1 Å². The minimum atomic E-state index is -4.86. The molecule has 1 unspecified atom stereocenters. The van der Waals surface area contributed by atoms with Crippen LogP contribution in [-0.2, 0) is 24.2 Å². The number of hydrogen-bond acceptors (Lipinski definition) is 7. The van der Waals surface area contributed by atoms with Crippen molar-refractivity contribution in [2.24, 2.45) is 0 Å². The van der Waals surface area contributed by atoms with Crippen molar-refractivity contribution in [3.8, 4) is 11.6 Å². The van der Waals surface area contributed by atoms with Crippen molar-refractivity contribution in [1.82, 2.24) is 30.2 Å². The standard InChI is InChI=1S/C21H12F8N6O2/c22-12-1-3-14(15(23)6-12)19(36,9-35-10-32-33-34-35)20(25,26)17-4-2-13(8-30-17)37-18-16(24)5-11(7-31-18)21(27,28)29/h1-8,10,36H,9H2. The van der Waals surface area contributed by atoms with Crippen LogP contribution in [0.25, 0.3) is 0 Å². The minimum absolute atomic E-state index is 0.134. The molecule has 4 rings (SSSR count). The summed E-state index contributed by atoms with van der Waals surface area (Å²) in [6, 6.07) is 3.20. The van der Waals surface area contributed by atoms with E-state index in [2.05, 4.69) is 25.5 Å². The van der Waals surface area contributed by atoms with Crippen LogP contribution in [0.2, 0.25) is 0 Å². The molecule has 194 valence electrons. The fraction of sp³-hybridized carbons (Fsp3) is 0.190. The summed E-state index contributed by atoms with van der Waals surface area (Å²) >= 11 is 0. The van der Waals surface area contributed by atoms with Gasteiger partial charge in [0.15, 0.2) is 11.4 Å². The molecule has 0 aliphatic carbocycles. The number of aliphatic hydroxyl groups is 1.